The van der Waals surface area contributed by atoms with Crippen molar-refractivity contribution in [2.24, 2.45) is 5.73 Å². The summed E-state index contributed by atoms with van der Waals surface area (Å²) in [4.78, 5) is 1.35. The van der Waals surface area contributed by atoms with Crippen LogP contribution in [0.5, 0.6) is 0 Å². The van der Waals surface area contributed by atoms with Crippen molar-refractivity contribution in [3.8, 4) is 0 Å². The lowest BCUT2D eigenvalue weighted by atomic mass is 10.0. The van der Waals surface area contributed by atoms with Gasteiger partial charge in [0.15, 0.2) is 0 Å². The van der Waals surface area contributed by atoms with E-state index in [9.17, 15) is 0 Å². The van der Waals surface area contributed by atoms with Gasteiger partial charge in [-0.25, -0.2) is 0 Å². The van der Waals surface area contributed by atoms with E-state index in [4.69, 9.17) is 5.73 Å². The summed E-state index contributed by atoms with van der Waals surface area (Å²) in [6, 6.07) is 17.1. The normalized spacial score (nSPS) is 14.0. The van der Waals surface area contributed by atoms with Crippen LogP contribution in [0.15, 0.2) is 53.4 Å². The second-order valence-electron chi connectivity index (χ2n) is 5.27. The van der Waals surface area contributed by atoms with Crippen molar-refractivity contribution in [2.75, 3.05) is 0 Å². The molecule has 1 nitrogen and oxygen atoms in total. The molecule has 2 N–H and O–H groups in total. The van der Waals surface area contributed by atoms with Gasteiger partial charge in [0, 0.05) is 16.2 Å². The highest BCUT2D eigenvalue weighted by molar-refractivity contribution is 8.00. The van der Waals surface area contributed by atoms with Crippen LogP contribution in [0.4, 0.5) is 0 Å². The number of aryl methyl sites for hydroxylation is 2. The van der Waals surface area contributed by atoms with Gasteiger partial charge in [0.1, 0.15) is 0 Å². The molecule has 2 atom stereocenters. The van der Waals surface area contributed by atoms with Gasteiger partial charge >= 0.3 is 0 Å². The first-order valence-electron chi connectivity index (χ1n) is 7.16. The van der Waals surface area contributed by atoms with Gasteiger partial charge in [0.2, 0.25) is 0 Å². The number of benzene rings is 2. The second-order valence-corrected chi connectivity index (χ2v) is 6.55. The first-order valence-corrected chi connectivity index (χ1v) is 8.04. The average molecular weight is 285 g/mol. The molecule has 0 amide bonds. The van der Waals surface area contributed by atoms with Gasteiger partial charge in [-0.3, -0.25) is 0 Å². The molecule has 0 radical (unpaired) electrons. The predicted octanol–water partition coefficient (Wildman–Crippen LogP) is 4.87. The van der Waals surface area contributed by atoms with E-state index in [1.54, 1.807) is 0 Å². The van der Waals surface area contributed by atoms with Crippen LogP contribution >= 0.6 is 11.8 Å². The van der Waals surface area contributed by atoms with Crippen LogP contribution in [0.2, 0.25) is 0 Å². The Hall–Kier alpha value is -1.25. The standard InChI is InChI=1S/C18H23NS/c1-4-16(18(19)15-8-6-5-7-9-15)20-17-12-13(2)10-11-14(17)3/h5-12,16,18H,4,19H2,1-3H3. The molecule has 0 saturated heterocycles. The molecule has 2 heteroatoms. The van der Waals surface area contributed by atoms with Crippen molar-refractivity contribution in [2.45, 2.75) is 43.4 Å². The van der Waals surface area contributed by atoms with Crippen LogP contribution in [0.1, 0.15) is 36.1 Å². The summed E-state index contributed by atoms with van der Waals surface area (Å²) >= 11 is 1.91. The summed E-state index contributed by atoms with van der Waals surface area (Å²) < 4.78 is 0. The molecule has 2 rings (SSSR count). The van der Waals surface area contributed by atoms with E-state index in [1.165, 1.54) is 21.6 Å². The Bertz CT molecular complexity index is 551. The maximum atomic E-state index is 6.46. The third-order valence-electron chi connectivity index (χ3n) is 3.61. The van der Waals surface area contributed by atoms with Crippen LogP contribution in [-0.2, 0) is 0 Å². The van der Waals surface area contributed by atoms with E-state index in [1.807, 2.05) is 17.8 Å². The van der Waals surface area contributed by atoms with Gasteiger partial charge in [-0.15, -0.1) is 11.8 Å². The smallest absolute Gasteiger partial charge is 0.0418 e. The van der Waals surface area contributed by atoms with Gasteiger partial charge in [0.25, 0.3) is 0 Å². The van der Waals surface area contributed by atoms with Gasteiger partial charge in [-0.05, 0) is 37.5 Å². The third-order valence-corrected chi connectivity index (χ3v) is 5.23. The minimum Gasteiger partial charge on any atom is -0.323 e. The third kappa shape index (κ3) is 3.65. The molecule has 2 unspecified atom stereocenters. The fourth-order valence-electron chi connectivity index (χ4n) is 2.30. The van der Waals surface area contributed by atoms with E-state index in [2.05, 4.69) is 63.2 Å². The molecule has 0 aromatic heterocycles. The fourth-order valence-corrected chi connectivity index (χ4v) is 3.60. The highest BCUT2D eigenvalue weighted by Crippen LogP contribution is 2.35. The average Bonchev–Trinajstić information content (AvgIpc) is 2.48. The van der Waals surface area contributed by atoms with Crippen molar-refractivity contribution in [1.29, 1.82) is 0 Å². The molecule has 2 aromatic rings. The maximum absolute atomic E-state index is 6.46. The maximum Gasteiger partial charge on any atom is 0.0418 e. The van der Waals surface area contributed by atoms with Crippen LogP contribution in [-0.4, -0.2) is 5.25 Å². The van der Waals surface area contributed by atoms with E-state index >= 15 is 0 Å². The van der Waals surface area contributed by atoms with Crippen molar-refractivity contribution < 1.29 is 0 Å². The monoisotopic (exact) mass is 285 g/mol. The molecule has 0 spiro atoms. The summed E-state index contributed by atoms with van der Waals surface area (Å²) in [6.07, 6.45) is 1.06. The SMILES string of the molecule is CCC(Sc1cc(C)ccc1C)C(N)c1ccccc1. The van der Waals surface area contributed by atoms with Gasteiger partial charge < -0.3 is 5.73 Å². The highest BCUT2D eigenvalue weighted by Gasteiger charge is 2.19. The Balaban J connectivity index is 2.18. The van der Waals surface area contributed by atoms with Gasteiger partial charge in [-0.1, -0.05) is 55.0 Å². The number of rotatable bonds is 5. The van der Waals surface area contributed by atoms with Crippen LogP contribution in [0.3, 0.4) is 0 Å². The van der Waals surface area contributed by atoms with Gasteiger partial charge in [-0.2, -0.15) is 0 Å². The lowest BCUT2D eigenvalue weighted by Crippen LogP contribution is -2.23. The molecule has 0 aliphatic rings. The Morgan fingerprint density at radius 2 is 1.75 bits per heavy atom. The molecular formula is C18H23NS. The number of nitrogens with two attached hydrogens (primary N) is 1. The quantitative estimate of drug-likeness (QED) is 0.793. The predicted molar refractivity (Wildman–Crippen MR) is 89.2 cm³/mol. The summed E-state index contributed by atoms with van der Waals surface area (Å²) in [5.74, 6) is 0. The molecule has 0 bridgehead atoms. The second kappa shape index (κ2) is 6.96. The zero-order valence-corrected chi connectivity index (χ0v) is 13.3. The molecule has 20 heavy (non-hydrogen) atoms. The van der Waals surface area contributed by atoms with Crippen molar-refractivity contribution >= 4 is 11.8 Å². The van der Waals surface area contributed by atoms with E-state index in [0.29, 0.717) is 5.25 Å². The lowest BCUT2D eigenvalue weighted by molar-refractivity contribution is 0.656. The van der Waals surface area contributed by atoms with E-state index in [-0.39, 0.29) is 6.04 Å². The Labute approximate surface area is 126 Å². The Morgan fingerprint density at radius 3 is 2.40 bits per heavy atom. The number of hydrogen-bond acceptors (Lipinski definition) is 2. The zero-order valence-electron chi connectivity index (χ0n) is 12.5. The fraction of sp³-hybridized carbons (Fsp3) is 0.333. The molecule has 0 saturated carbocycles. The Morgan fingerprint density at radius 1 is 1.05 bits per heavy atom. The topological polar surface area (TPSA) is 26.0 Å². The zero-order chi connectivity index (χ0) is 14.5. The largest absolute Gasteiger partial charge is 0.323 e. The summed E-state index contributed by atoms with van der Waals surface area (Å²) in [5.41, 5.74) is 10.3. The molecular weight excluding hydrogens is 262 g/mol. The minimum absolute atomic E-state index is 0.0751. The molecule has 0 aliphatic heterocycles. The van der Waals surface area contributed by atoms with Crippen molar-refractivity contribution in [1.82, 2.24) is 0 Å². The van der Waals surface area contributed by atoms with Crippen LogP contribution in [0, 0.1) is 13.8 Å². The molecule has 106 valence electrons. The molecule has 0 fully saturated rings. The first kappa shape index (κ1) is 15.1. The Kier molecular flexibility index (Phi) is 5.27. The highest BCUT2D eigenvalue weighted by atomic mass is 32.2. The summed E-state index contributed by atoms with van der Waals surface area (Å²) in [5, 5.41) is 0.401. The van der Waals surface area contributed by atoms with Crippen LogP contribution in [0.25, 0.3) is 0 Å². The summed E-state index contributed by atoms with van der Waals surface area (Å²) in [6.45, 7) is 6.52. The van der Waals surface area contributed by atoms with Crippen LogP contribution < -0.4 is 5.73 Å². The lowest BCUT2D eigenvalue weighted by Gasteiger charge is -2.23. The van der Waals surface area contributed by atoms with Crippen molar-refractivity contribution in [3.05, 3.63) is 65.2 Å². The van der Waals surface area contributed by atoms with Gasteiger partial charge in [0.05, 0.1) is 0 Å². The molecule has 0 aliphatic carbocycles. The molecule has 2 aromatic carbocycles. The number of hydrogen-bond donors (Lipinski definition) is 1. The minimum atomic E-state index is 0.0751. The number of thioether (sulfide) groups is 1. The first-order chi connectivity index (χ1) is 9.61. The molecule has 0 heterocycles. The summed E-state index contributed by atoms with van der Waals surface area (Å²) in [7, 11) is 0. The van der Waals surface area contributed by atoms with E-state index in [0.717, 1.165) is 6.42 Å². The van der Waals surface area contributed by atoms with Crippen molar-refractivity contribution in [3.63, 3.8) is 0 Å². The van der Waals surface area contributed by atoms with E-state index < -0.39 is 0 Å².